The minimum atomic E-state index is -1.17. The first kappa shape index (κ1) is 30.7. The molecule has 8 nitrogen and oxygen atoms in total. The summed E-state index contributed by atoms with van der Waals surface area (Å²) >= 11 is 0. The molecule has 3 aromatic rings. The predicted molar refractivity (Wildman–Crippen MR) is 134 cm³/mol. The number of carbonyl (C=O) groups excluding carboxylic acids is 1. The minimum Gasteiger partial charge on any atom is -1.00 e. The molecule has 37 heavy (non-hydrogen) atoms. The van der Waals surface area contributed by atoms with E-state index in [-0.39, 0.29) is 67.9 Å². The number of carbonyl (C=O) groups is 2. The molecule has 1 amide bonds. The predicted octanol–water partition coefficient (Wildman–Crippen LogP) is 0.836. The van der Waals surface area contributed by atoms with Crippen molar-refractivity contribution in [1.29, 1.82) is 0 Å². The quantitative estimate of drug-likeness (QED) is 0.262. The van der Waals surface area contributed by atoms with E-state index in [1.165, 1.54) is 12.1 Å². The van der Waals surface area contributed by atoms with E-state index in [1.807, 2.05) is 48.7 Å². The van der Waals surface area contributed by atoms with Gasteiger partial charge in [0.2, 0.25) is 0 Å². The fourth-order valence-corrected chi connectivity index (χ4v) is 4.12. The third-order valence-corrected chi connectivity index (χ3v) is 5.81. The zero-order chi connectivity index (χ0) is 26.2. The van der Waals surface area contributed by atoms with Crippen molar-refractivity contribution in [2.75, 3.05) is 0 Å². The number of imidazole rings is 1. The van der Waals surface area contributed by atoms with Gasteiger partial charge in [-0.25, -0.2) is 9.37 Å². The van der Waals surface area contributed by atoms with Crippen molar-refractivity contribution in [3.05, 3.63) is 77.4 Å². The van der Waals surface area contributed by atoms with Crippen molar-refractivity contribution < 1.29 is 60.3 Å². The fourth-order valence-electron chi connectivity index (χ4n) is 4.12. The molecule has 0 radical (unpaired) electrons. The second-order valence-corrected chi connectivity index (χ2v) is 9.08. The molecule has 0 aliphatic rings. The van der Waals surface area contributed by atoms with Crippen molar-refractivity contribution in [1.82, 2.24) is 14.9 Å². The Bertz CT molecular complexity index is 1180. The molecule has 0 aliphatic carbocycles. The summed E-state index contributed by atoms with van der Waals surface area (Å²) in [5.41, 5.74) is 2.47. The van der Waals surface area contributed by atoms with E-state index in [0.29, 0.717) is 23.6 Å². The van der Waals surface area contributed by atoms with Crippen LogP contribution in [-0.2, 0) is 17.9 Å². The zero-order valence-electron chi connectivity index (χ0n) is 22.4. The molecule has 0 spiro atoms. The summed E-state index contributed by atoms with van der Waals surface area (Å²) < 4.78 is 15.4. The third kappa shape index (κ3) is 8.76. The standard InChI is InChI=1S/C27H32FN3O5.Na.H/c1-17(2)25-24(27(36)29-16-18-6-4-3-5-7-18)30-26(19-8-10-20(28)11-9-19)31(25)13-12-21(32)14-22(33)15-23(34)35;;/h3-11,17,21-22,32-33H,12-16H2,1-2H3,(H,29,36)(H,34,35);;/q;+1;-1/t21-,22-;;/m1../s1. The number of aromatic nitrogens is 2. The normalized spacial score (nSPS) is 12.6. The number of rotatable bonds is 12. The second kappa shape index (κ2) is 14.4. The maximum absolute atomic E-state index is 13.6. The summed E-state index contributed by atoms with van der Waals surface area (Å²) in [6.07, 6.45) is -2.47. The van der Waals surface area contributed by atoms with Gasteiger partial charge in [0.05, 0.1) is 24.3 Å². The maximum atomic E-state index is 13.6. The second-order valence-electron chi connectivity index (χ2n) is 9.08. The molecule has 0 unspecified atom stereocenters. The van der Waals surface area contributed by atoms with Crippen LogP contribution in [0, 0.1) is 5.82 Å². The number of aliphatic carboxylic acids is 1. The molecule has 4 N–H and O–H groups in total. The Hall–Kier alpha value is -2.56. The number of carboxylic acids is 1. The largest absolute Gasteiger partial charge is 1.00 e. The number of benzene rings is 2. The number of nitrogens with one attached hydrogen (secondary N) is 1. The molecule has 2 aromatic carbocycles. The van der Waals surface area contributed by atoms with Crippen molar-refractivity contribution >= 4 is 11.9 Å². The van der Waals surface area contributed by atoms with Gasteiger partial charge in [-0.3, -0.25) is 9.59 Å². The van der Waals surface area contributed by atoms with Crippen LogP contribution in [0.2, 0.25) is 0 Å². The van der Waals surface area contributed by atoms with Crippen LogP contribution < -0.4 is 34.9 Å². The van der Waals surface area contributed by atoms with Gasteiger partial charge in [0.25, 0.3) is 5.91 Å². The molecule has 1 aromatic heterocycles. The van der Waals surface area contributed by atoms with Crippen LogP contribution >= 0.6 is 0 Å². The molecule has 2 atom stereocenters. The van der Waals surface area contributed by atoms with E-state index in [1.54, 1.807) is 12.1 Å². The summed E-state index contributed by atoms with van der Waals surface area (Å²) in [5, 5.41) is 32.0. The molecule has 0 bridgehead atoms. The van der Waals surface area contributed by atoms with E-state index in [4.69, 9.17) is 5.11 Å². The molecular formula is C27H33FN3NaO5. The van der Waals surface area contributed by atoms with E-state index in [9.17, 15) is 24.2 Å². The summed E-state index contributed by atoms with van der Waals surface area (Å²) in [4.78, 5) is 28.6. The Kier molecular flexibility index (Phi) is 11.9. The molecule has 3 rings (SSSR count). The first-order valence-corrected chi connectivity index (χ1v) is 11.9. The number of hydrogen-bond donors (Lipinski definition) is 4. The van der Waals surface area contributed by atoms with Crippen LogP contribution in [0.4, 0.5) is 4.39 Å². The smallest absolute Gasteiger partial charge is 1.00 e. The van der Waals surface area contributed by atoms with Crippen molar-refractivity contribution in [3.63, 3.8) is 0 Å². The van der Waals surface area contributed by atoms with E-state index in [2.05, 4.69) is 10.3 Å². The first-order valence-electron chi connectivity index (χ1n) is 11.9. The maximum Gasteiger partial charge on any atom is 1.00 e. The molecule has 0 aliphatic heterocycles. The molecule has 0 saturated carbocycles. The number of carboxylic acid groups (broad SMARTS) is 1. The van der Waals surface area contributed by atoms with Gasteiger partial charge in [0, 0.05) is 18.7 Å². The third-order valence-electron chi connectivity index (χ3n) is 5.81. The van der Waals surface area contributed by atoms with E-state index < -0.39 is 30.4 Å². The van der Waals surface area contributed by atoms with Crippen molar-refractivity contribution in [2.45, 2.75) is 64.3 Å². The van der Waals surface area contributed by atoms with Crippen LogP contribution in [0.1, 0.15) is 62.2 Å². The number of aliphatic hydroxyl groups is 2. The number of hydrogen-bond acceptors (Lipinski definition) is 5. The van der Waals surface area contributed by atoms with Gasteiger partial charge in [-0.05, 0) is 48.6 Å². The summed E-state index contributed by atoms with van der Waals surface area (Å²) in [6, 6.07) is 15.3. The van der Waals surface area contributed by atoms with Gasteiger partial charge in [0.15, 0.2) is 0 Å². The van der Waals surface area contributed by atoms with Crippen LogP contribution in [-0.4, -0.2) is 49.0 Å². The topological polar surface area (TPSA) is 125 Å². The van der Waals surface area contributed by atoms with Crippen LogP contribution in [0.25, 0.3) is 11.4 Å². The minimum absolute atomic E-state index is 0. The van der Waals surface area contributed by atoms with Crippen LogP contribution in [0.15, 0.2) is 54.6 Å². The van der Waals surface area contributed by atoms with Gasteiger partial charge in [0.1, 0.15) is 17.3 Å². The first-order chi connectivity index (χ1) is 17.2. The number of nitrogens with zero attached hydrogens (tertiary/aromatic N) is 2. The van der Waals surface area contributed by atoms with Crippen LogP contribution in [0.5, 0.6) is 0 Å². The summed E-state index contributed by atoms with van der Waals surface area (Å²) in [7, 11) is 0. The molecule has 0 saturated heterocycles. The number of amides is 1. The molecule has 10 heteroatoms. The van der Waals surface area contributed by atoms with Gasteiger partial charge < -0.3 is 26.6 Å². The van der Waals surface area contributed by atoms with Crippen LogP contribution in [0.3, 0.4) is 0 Å². The Morgan fingerprint density at radius 3 is 2.30 bits per heavy atom. The average Bonchev–Trinajstić information content (AvgIpc) is 3.21. The SMILES string of the molecule is CC(C)c1c(C(=O)NCc2ccccc2)nc(-c2ccc(F)cc2)n1CC[C@@H](O)C[C@@H](O)CC(=O)O.[H-].[Na+]. The Labute approximate surface area is 239 Å². The van der Waals surface area contributed by atoms with E-state index in [0.717, 1.165) is 5.56 Å². The van der Waals surface area contributed by atoms with Gasteiger partial charge in [-0.1, -0.05) is 44.2 Å². The van der Waals surface area contributed by atoms with Gasteiger partial charge in [-0.15, -0.1) is 0 Å². The van der Waals surface area contributed by atoms with Crippen molar-refractivity contribution in [3.8, 4) is 11.4 Å². The molecular weight excluding hydrogens is 488 g/mol. The molecule has 1 heterocycles. The van der Waals surface area contributed by atoms with E-state index >= 15 is 0 Å². The summed E-state index contributed by atoms with van der Waals surface area (Å²) in [5.74, 6) is -1.52. The van der Waals surface area contributed by atoms with Crippen molar-refractivity contribution in [2.24, 2.45) is 0 Å². The average molecular weight is 522 g/mol. The zero-order valence-corrected chi connectivity index (χ0v) is 23.4. The Morgan fingerprint density at radius 1 is 1.05 bits per heavy atom. The van der Waals surface area contributed by atoms with Gasteiger partial charge in [-0.2, -0.15) is 0 Å². The number of aliphatic hydroxyl groups excluding tert-OH is 2. The fraction of sp³-hybridized carbons (Fsp3) is 0.370. The summed E-state index contributed by atoms with van der Waals surface area (Å²) in [6.45, 7) is 4.46. The molecule has 194 valence electrons. The Balaban J connectivity index is 0.00000361. The number of halogens is 1. The molecule has 0 fully saturated rings. The Morgan fingerprint density at radius 2 is 1.70 bits per heavy atom. The van der Waals surface area contributed by atoms with Gasteiger partial charge >= 0.3 is 35.5 Å². The monoisotopic (exact) mass is 521 g/mol.